The second-order valence-corrected chi connectivity index (χ2v) is 5.93. The maximum atomic E-state index is 12.2. The molecule has 0 aliphatic carbocycles. The minimum Gasteiger partial charge on any atom is -0.456 e. The van der Waals surface area contributed by atoms with Gasteiger partial charge in [0, 0.05) is 11.1 Å². The molecule has 1 amide bonds. The smallest absolute Gasteiger partial charge is 0.328 e. The van der Waals surface area contributed by atoms with Gasteiger partial charge in [0.2, 0.25) is 0 Å². The summed E-state index contributed by atoms with van der Waals surface area (Å²) in [6.45, 7) is 1.01. The Kier molecular flexibility index (Phi) is 5.16. The molecule has 0 bridgehead atoms. The number of hydrogen-bond donors (Lipinski definition) is 3. The molecule has 0 saturated heterocycles. The van der Waals surface area contributed by atoms with Gasteiger partial charge in [-0.25, -0.2) is 9.59 Å². The number of carbonyl (C=O) groups excluding carboxylic acids is 3. The molecule has 138 valence electrons. The van der Waals surface area contributed by atoms with Crippen LogP contribution in [0.3, 0.4) is 0 Å². The van der Waals surface area contributed by atoms with E-state index in [1.54, 1.807) is 36.4 Å². The second kappa shape index (κ2) is 7.69. The molecule has 8 heteroatoms. The zero-order valence-corrected chi connectivity index (χ0v) is 14.4. The molecule has 3 aromatic rings. The van der Waals surface area contributed by atoms with Gasteiger partial charge in [-0.3, -0.25) is 9.59 Å². The van der Waals surface area contributed by atoms with Crippen LogP contribution in [-0.2, 0) is 9.53 Å². The lowest BCUT2D eigenvalue weighted by Crippen LogP contribution is -2.40. The molecule has 0 radical (unpaired) electrons. The number of hydrogen-bond acceptors (Lipinski definition) is 5. The van der Waals surface area contributed by atoms with Crippen LogP contribution in [0.15, 0.2) is 53.3 Å². The molecule has 1 heterocycles. The minimum absolute atomic E-state index is 0.298. The number of fused-ring (bicyclic) bond motifs is 1. The van der Waals surface area contributed by atoms with E-state index < -0.39 is 30.3 Å². The van der Waals surface area contributed by atoms with Gasteiger partial charge in [-0.05, 0) is 37.3 Å². The van der Waals surface area contributed by atoms with Crippen LogP contribution in [0.25, 0.3) is 11.0 Å². The van der Waals surface area contributed by atoms with Crippen molar-refractivity contribution in [1.29, 1.82) is 0 Å². The van der Waals surface area contributed by atoms with Crippen molar-refractivity contribution in [2.45, 2.75) is 13.0 Å². The van der Waals surface area contributed by atoms with E-state index in [9.17, 15) is 19.2 Å². The monoisotopic (exact) mass is 367 g/mol. The number of rotatable bonds is 6. The summed E-state index contributed by atoms with van der Waals surface area (Å²) in [4.78, 5) is 52.6. The summed E-state index contributed by atoms with van der Waals surface area (Å²) >= 11 is 0. The average Bonchev–Trinajstić information content (AvgIpc) is 3.05. The van der Waals surface area contributed by atoms with Crippen LogP contribution in [0.4, 0.5) is 0 Å². The van der Waals surface area contributed by atoms with Crippen LogP contribution >= 0.6 is 0 Å². The molecule has 0 saturated carbocycles. The highest BCUT2D eigenvalue weighted by molar-refractivity contribution is 6.01. The Bertz CT molecular complexity index is 1050. The molecular weight excluding hydrogens is 350 g/mol. The molecule has 0 unspecified atom stereocenters. The van der Waals surface area contributed by atoms with Gasteiger partial charge < -0.3 is 20.0 Å². The molecule has 0 aliphatic heterocycles. The maximum Gasteiger partial charge on any atom is 0.328 e. The molecule has 2 aromatic carbocycles. The van der Waals surface area contributed by atoms with Gasteiger partial charge in [-0.15, -0.1) is 0 Å². The molecule has 0 spiro atoms. The first kappa shape index (κ1) is 18.1. The predicted molar refractivity (Wildman–Crippen MR) is 97.6 cm³/mol. The number of ether oxygens (including phenoxy) is 1. The zero-order chi connectivity index (χ0) is 19.4. The van der Waals surface area contributed by atoms with Crippen molar-refractivity contribution in [2.75, 3.05) is 6.61 Å². The van der Waals surface area contributed by atoms with Gasteiger partial charge in [-0.2, -0.15) is 0 Å². The topological polar surface area (TPSA) is 121 Å². The van der Waals surface area contributed by atoms with Gasteiger partial charge in [-0.1, -0.05) is 18.2 Å². The molecule has 3 N–H and O–H groups in total. The van der Waals surface area contributed by atoms with Crippen LogP contribution in [0.1, 0.15) is 27.6 Å². The number of aromatic amines is 2. The highest BCUT2D eigenvalue weighted by Crippen LogP contribution is 2.11. The van der Waals surface area contributed by atoms with Crippen molar-refractivity contribution in [3.63, 3.8) is 0 Å². The quantitative estimate of drug-likeness (QED) is 0.449. The van der Waals surface area contributed by atoms with E-state index in [0.717, 1.165) is 0 Å². The number of nitrogens with one attached hydrogen (secondary N) is 3. The summed E-state index contributed by atoms with van der Waals surface area (Å²) in [7, 11) is 0. The number of imidazole rings is 1. The fourth-order valence-electron chi connectivity index (χ4n) is 2.48. The third-order valence-corrected chi connectivity index (χ3v) is 3.92. The number of esters is 1. The van der Waals surface area contributed by atoms with Crippen molar-refractivity contribution in [3.05, 3.63) is 70.1 Å². The van der Waals surface area contributed by atoms with Crippen LogP contribution in [0.2, 0.25) is 0 Å². The predicted octanol–water partition coefficient (Wildman–Crippen LogP) is 1.40. The Hall–Kier alpha value is -3.68. The van der Waals surface area contributed by atoms with Crippen LogP contribution < -0.4 is 11.0 Å². The van der Waals surface area contributed by atoms with E-state index in [1.165, 1.54) is 19.1 Å². The van der Waals surface area contributed by atoms with Crippen LogP contribution in [-0.4, -0.2) is 40.3 Å². The Morgan fingerprint density at radius 3 is 2.44 bits per heavy atom. The average molecular weight is 367 g/mol. The molecular formula is C19H17N3O5. The molecule has 27 heavy (non-hydrogen) atoms. The minimum atomic E-state index is -0.908. The lowest BCUT2D eigenvalue weighted by molar-refractivity contribution is -0.144. The van der Waals surface area contributed by atoms with Crippen LogP contribution in [0, 0.1) is 0 Å². The SMILES string of the molecule is C[C@H](NC(=O)c1ccccc1)C(=O)OCC(=O)c1ccc2[nH]c(=O)[nH]c2c1. The van der Waals surface area contributed by atoms with E-state index in [1.807, 2.05) is 0 Å². The number of H-pyrrole nitrogens is 2. The van der Waals surface area contributed by atoms with Gasteiger partial charge >= 0.3 is 11.7 Å². The summed E-state index contributed by atoms with van der Waals surface area (Å²) in [5.41, 5.74) is 1.41. The fourth-order valence-corrected chi connectivity index (χ4v) is 2.48. The third-order valence-electron chi connectivity index (χ3n) is 3.92. The van der Waals surface area contributed by atoms with Gasteiger partial charge in [0.15, 0.2) is 12.4 Å². The van der Waals surface area contributed by atoms with Crippen molar-refractivity contribution < 1.29 is 19.1 Å². The van der Waals surface area contributed by atoms with Crippen molar-refractivity contribution >= 4 is 28.7 Å². The number of amides is 1. The van der Waals surface area contributed by atoms with Gasteiger partial charge in [0.1, 0.15) is 6.04 Å². The maximum absolute atomic E-state index is 12.2. The first-order valence-electron chi connectivity index (χ1n) is 8.22. The number of Topliss-reactive ketones (excluding diaryl/α,β-unsaturated/α-hetero) is 1. The Labute approximate surface area is 153 Å². The standard InChI is InChI=1S/C19H17N3O5/c1-11(20-17(24)12-5-3-2-4-6-12)18(25)27-10-16(23)13-7-8-14-15(9-13)22-19(26)21-14/h2-9,11H,10H2,1H3,(H,20,24)(H2,21,22,26)/t11-/m0/s1. The Balaban J connectivity index is 1.56. The van der Waals surface area contributed by atoms with E-state index in [-0.39, 0.29) is 5.69 Å². The van der Waals surface area contributed by atoms with Crippen LogP contribution in [0.5, 0.6) is 0 Å². The molecule has 1 aromatic heterocycles. The first-order valence-corrected chi connectivity index (χ1v) is 8.22. The second-order valence-electron chi connectivity index (χ2n) is 5.93. The molecule has 1 atom stereocenters. The van der Waals surface area contributed by atoms with Gasteiger partial charge in [0.25, 0.3) is 5.91 Å². The molecule has 0 fully saturated rings. The summed E-state index contributed by atoms with van der Waals surface area (Å²) in [6.07, 6.45) is 0. The highest BCUT2D eigenvalue weighted by atomic mass is 16.5. The molecule has 3 rings (SSSR count). The number of ketones is 1. The zero-order valence-electron chi connectivity index (χ0n) is 14.4. The Morgan fingerprint density at radius 2 is 1.70 bits per heavy atom. The van der Waals surface area contributed by atoms with E-state index in [4.69, 9.17) is 4.74 Å². The number of aromatic nitrogens is 2. The van der Waals surface area contributed by atoms with Gasteiger partial charge in [0.05, 0.1) is 11.0 Å². The molecule has 8 nitrogen and oxygen atoms in total. The number of benzene rings is 2. The first-order chi connectivity index (χ1) is 12.9. The van der Waals surface area contributed by atoms with Crippen molar-refractivity contribution in [3.8, 4) is 0 Å². The Morgan fingerprint density at radius 1 is 1.00 bits per heavy atom. The largest absolute Gasteiger partial charge is 0.456 e. The van der Waals surface area contributed by atoms with Crippen molar-refractivity contribution in [2.24, 2.45) is 0 Å². The normalized spacial score (nSPS) is 11.7. The van der Waals surface area contributed by atoms with E-state index >= 15 is 0 Å². The third kappa shape index (κ3) is 4.30. The van der Waals surface area contributed by atoms with E-state index in [2.05, 4.69) is 15.3 Å². The van der Waals surface area contributed by atoms with Crippen molar-refractivity contribution in [1.82, 2.24) is 15.3 Å². The molecule has 0 aliphatic rings. The summed E-state index contributed by atoms with van der Waals surface area (Å²) < 4.78 is 4.99. The highest BCUT2D eigenvalue weighted by Gasteiger charge is 2.19. The fraction of sp³-hybridized carbons (Fsp3) is 0.158. The number of carbonyl (C=O) groups is 3. The summed E-state index contributed by atoms with van der Waals surface area (Å²) in [6, 6.07) is 12.2. The summed E-state index contributed by atoms with van der Waals surface area (Å²) in [5.74, 6) is -1.55. The lowest BCUT2D eigenvalue weighted by atomic mass is 10.1. The van der Waals surface area contributed by atoms with E-state index in [0.29, 0.717) is 22.2 Å². The lowest BCUT2D eigenvalue weighted by Gasteiger charge is -2.13. The summed E-state index contributed by atoms with van der Waals surface area (Å²) in [5, 5.41) is 2.52.